The smallest absolute Gasteiger partial charge is 0.345 e. The molecule has 1 heterocycles. The fourth-order valence-corrected chi connectivity index (χ4v) is 4.17. The largest absolute Gasteiger partial charge is 0.416 e. The van der Waals surface area contributed by atoms with E-state index in [0.29, 0.717) is 28.1 Å². The van der Waals surface area contributed by atoms with Crippen molar-refractivity contribution >= 4 is 64.1 Å². The van der Waals surface area contributed by atoms with Crippen molar-refractivity contribution in [3.05, 3.63) is 68.4 Å². The van der Waals surface area contributed by atoms with E-state index < -0.39 is 17.6 Å². The molecule has 0 unspecified atom stereocenters. The number of rotatable bonds is 8. The first-order valence-corrected chi connectivity index (χ1v) is 12.1. The Balaban J connectivity index is 1.61. The lowest BCUT2D eigenvalue weighted by atomic mass is 10.2. The minimum absolute atomic E-state index is 0.0203. The van der Waals surface area contributed by atoms with E-state index in [2.05, 4.69) is 20.8 Å². The summed E-state index contributed by atoms with van der Waals surface area (Å²) in [6.45, 7) is 2.35. The maximum atomic E-state index is 12.9. The van der Waals surface area contributed by atoms with Crippen LogP contribution < -0.4 is 10.6 Å². The van der Waals surface area contributed by atoms with Gasteiger partial charge in [0.1, 0.15) is 0 Å². The second kappa shape index (κ2) is 11.5. The van der Waals surface area contributed by atoms with Gasteiger partial charge in [0.05, 0.1) is 38.6 Å². The minimum atomic E-state index is -4.57. The van der Waals surface area contributed by atoms with Crippen LogP contribution in [-0.4, -0.2) is 32.3 Å². The van der Waals surface area contributed by atoms with Crippen molar-refractivity contribution in [2.24, 2.45) is 0 Å². The van der Waals surface area contributed by atoms with Crippen molar-refractivity contribution in [1.29, 1.82) is 0 Å². The predicted octanol–water partition coefficient (Wildman–Crippen LogP) is 5.94. The lowest BCUT2D eigenvalue weighted by Crippen LogP contribution is -2.24. The Morgan fingerprint density at radius 3 is 2.40 bits per heavy atom. The molecule has 0 aliphatic heterocycles. The van der Waals surface area contributed by atoms with Crippen molar-refractivity contribution in [3.8, 4) is 0 Å². The quantitative estimate of drug-likeness (QED) is 0.330. The third kappa shape index (κ3) is 7.03. The van der Waals surface area contributed by atoms with E-state index in [4.69, 9.17) is 34.8 Å². The van der Waals surface area contributed by atoms with Gasteiger partial charge in [-0.05, 0) is 43.3 Å². The van der Waals surface area contributed by atoms with Crippen molar-refractivity contribution in [3.63, 3.8) is 0 Å². The van der Waals surface area contributed by atoms with Crippen molar-refractivity contribution in [1.82, 2.24) is 20.1 Å². The number of benzene rings is 2. The number of aromatic nitrogens is 3. The molecular formula is C21H17Cl3F3N5O2S. The van der Waals surface area contributed by atoms with Crippen LogP contribution in [0.25, 0.3) is 0 Å². The zero-order chi connectivity index (χ0) is 25.8. The van der Waals surface area contributed by atoms with Gasteiger partial charge >= 0.3 is 6.18 Å². The van der Waals surface area contributed by atoms with Gasteiger partial charge in [0.25, 0.3) is 5.91 Å². The monoisotopic (exact) mass is 565 g/mol. The number of carbonyl (C=O) groups is 2. The predicted molar refractivity (Wildman–Crippen MR) is 129 cm³/mol. The Morgan fingerprint density at radius 1 is 1.03 bits per heavy atom. The summed E-state index contributed by atoms with van der Waals surface area (Å²) >= 11 is 18.8. The number of alkyl halides is 3. The number of hydrogen-bond donors (Lipinski definition) is 2. The molecule has 0 saturated carbocycles. The standard InChI is InChI=1S/C21H17Cl3F3N5O2S/c1-2-32-17(9-28-19(34)11-3-5-13(22)15(24)7-11)30-31-20(32)35-10-18(33)29-16-8-12(21(25,26)27)4-6-14(16)23/h3-8H,2,9-10H2,1H3,(H,28,34)(H,29,33). The van der Waals surface area contributed by atoms with Crippen LogP contribution in [0.3, 0.4) is 0 Å². The van der Waals surface area contributed by atoms with E-state index in [1.807, 2.05) is 6.92 Å². The van der Waals surface area contributed by atoms with Gasteiger partial charge in [-0.25, -0.2) is 0 Å². The van der Waals surface area contributed by atoms with Crippen LogP contribution in [0.2, 0.25) is 15.1 Å². The second-order valence-corrected chi connectivity index (χ2v) is 9.15. The SMILES string of the molecule is CCn1c(CNC(=O)c2ccc(Cl)c(Cl)c2)nnc1SCC(=O)Nc1cc(C(F)(F)F)ccc1Cl. The number of amides is 2. The summed E-state index contributed by atoms with van der Waals surface area (Å²) in [6, 6.07) is 7.16. The molecule has 0 radical (unpaired) electrons. The fraction of sp³-hybridized carbons (Fsp3) is 0.238. The van der Waals surface area contributed by atoms with Crippen LogP contribution in [0.5, 0.6) is 0 Å². The molecule has 1 aromatic heterocycles. The molecule has 2 aromatic carbocycles. The summed E-state index contributed by atoms with van der Waals surface area (Å²) in [5, 5.41) is 14.1. The first kappa shape index (κ1) is 27.1. The molecule has 3 rings (SSSR count). The van der Waals surface area contributed by atoms with Crippen LogP contribution in [0, 0.1) is 0 Å². The average Bonchev–Trinajstić information content (AvgIpc) is 3.20. The minimum Gasteiger partial charge on any atom is -0.345 e. The number of anilines is 1. The normalized spacial score (nSPS) is 11.4. The topological polar surface area (TPSA) is 88.9 Å². The Labute approximate surface area is 217 Å². The Hall–Kier alpha value is -2.47. The first-order valence-electron chi connectivity index (χ1n) is 9.94. The van der Waals surface area contributed by atoms with E-state index in [9.17, 15) is 22.8 Å². The number of nitrogens with zero attached hydrogens (tertiary/aromatic N) is 3. The highest BCUT2D eigenvalue weighted by Crippen LogP contribution is 2.34. The summed E-state index contributed by atoms with van der Waals surface area (Å²) in [6.07, 6.45) is -4.57. The summed E-state index contributed by atoms with van der Waals surface area (Å²) < 4.78 is 40.5. The van der Waals surface area contributed by atoms with Crippen LogP contribution >= 0.6 is 46.6 Å². The van der Waals surface area contributed by atoms with Crippen LogP contribution in [0.15, 0.2) is 41.6 Å². The molecule has 2 N–H and O–H groups in total. The van der Waals surface area contributed by atoms with Crippen LogP contribution in [0.4, 0.5) is 18.9 Å². The number of carbonyl (C=O) groups excluding carboxylic acids is 2. The van der Waals surface area contributed by atoms with E-state index >= 15 is 0 Å². The van der Waals surface area contributed by atoms with E-state index in [1.165, 1.54) is 18.2 Å². The maximum absolute atomic E-state index is 12.9. The van der Waals surface area contributed by atoms with Crippen molar-refractivity contribution in [2.45, 2.75) is 31.3 Å². The van der Waals surface area contributed by atoms with Crippen LogP contribution in [0.1, 0.15) is 28.7 Å². The van der Waals surface area contributed by atoms with Gasteiger partial charge in [-0.1, -0.05) is 46.6 Å². The third-order valence-electron chi connectivity index (χ3n) is 4.60. The lowest BCUT2D eigenvalue weighted by molar-refractivity contribution is -0.137. The molecular weight excluding hydrogens is 550 g/mol. The van der Waals surface area contributed by atoms with Crippen LogP contribution in [-0.2, 0) is 24.1 Å². The average molecular weight is 567 g/mol. The van der Waals surface area contributed by atoms with Crippen molar-refractivity contribution < 1.29 is 22.8 Å². The zero-order valence-corrected chi connectivity index (χ0v) is 21.0. The molecule has 0 saturated heterocycles. The van der Waals surface area contributed by atoms with Gasteiger partial charge in [0.15, 0.2) is 11.0 Å². The van der Waals surface area contributed by atoms with Gasteiger partial charge in [0.2, 0.25) is 5.91 Å². The molecule has 0 aliphatic rings. The molecule has 35 heavy (non-hydrogen) atoms. The van der Waals surface area contributed by atoms with E-state index in [0.717, 1.165) is 30.0 Å². The zero-order valence-electron chi connectivity index (χ0n) is 17.9. The Kier molecular flexibility index (Phi) is 8.92. The van der Waals surface area contributed by atoms with E-state index in [-0.39, 0.29) is 33.9 Å². The Morgan fingerprint density at radius 2 is 1.74 bits per heavy atom. The number of thioether (sulfide) groups is 1. The molecule has 2 amide bonds. The van der Waals surface area contributed by atoms with Gasteiger partial charge in [-0.2, -0.15) is 13.2 Å². The summed E-state index contributed by atoms with van der Waals surface area (Å²) in [7, 11) is 0. The molecule has 3 aromatic rings. The van der Waals surface area contributed by atoms with Gasteiger partial charge < -0.3 is 15.2 Å². The molecule has 0 fully saturated rings. The second-order valence-electron chi connectivity index (χ2n) is 6.98. The molecule has 0 spiro atoms. The third-order valence-corrected chi connectivity index (χ3v) is 6.63. The van der Waals surface area contributed by atoms with Gasteiger partial charge in [-0.15, -0.1) is 10.2 Å². The summed E-state index contributed by atoms with van der Waals surface area (Å²) in [5.74, 6) is -0.665. The summed E-state index contributed by atoms with van der Waals surface area (Å²) in [4.78, 5) is 24.7. The highest BCUT2D eigenvalue weighted by Gasteiger charge is 2.31. The highest BCUT2D eigenvalue weighted by molar-refractivity contribution is 7.99. The molecule has 186 valence electrons. The Bertz CT molecular complexity index is 1250. The number of halogens is 6. The molecule has 14 heteroatoms. The number of hydrogen-bond acceptors (Lipinski definition) is 5. The van der Waals surface area contributed by atoms with Crippen molar-refractivity contribution in [2.75, 3.05) is 11.1 Å². The maximum Gasteiger partial charge on any atom is 0.416 e. The highest BCUT2D eigenvalue weighted by atomic mass is 35.5. The summed E-state index contributed by atoms with van der Waals surface area (Å²) in [5.41, 5.74) is -0.751. The molecule has 0 atom stereocenters. The number of nitrogens with one attached hydrogen (secondary N) is 2. The van der Waals surface area contributed by atoms with E-state index in [1.54, 1.807) is 4.57 Å². The molecule has 0 aliphatic carbocycles. The first-order chi connectivity index (χ1) is 16.5. The van der Waals surface area contributed by atoms with Gasteiger partial charge in [-0.3, -0.25) is 9.59 Å². The van der Waals surface area contributed by atoms with Gasteiger partial charge in [0, 0.05) is 12.1 Å². The lowest BCUT2D eigenvalue weighted by Gasteiger charge is -2.12. The molecule has 7 nitrogen and oxygen atoms in total. The molecule has 0 bridgehead atoms. The fourth-order valence-electron chi connectivity index (χ4n) is 2.89.